The van der Waals surface area contributed by atoms with E-state index in [0.717, 1.165) is 55.1 Å². The quantitative estimate of drug-likeness (QED) is 0.493. The Hall–Kier alpha value is -3.45. The highest BCUT2D eigenvalue weighted by Gasteiger charge is 2.28. The van der Waals surface area contributed by atoms with Crippen LogP contribution in [0.4, 0.5) is 4.39 Å². The summed E-state index contributed by atoms with van der Waals surface area (Å²) >= 11 is 0. The van der Waals surface area contributed by atoms with Gasteiger partial charge in [-0.05, 0) is 66.6 Å². The van der Waals surface area contributed by atoms with Crippen molar-refractivity contribution in [3.8, 4) is 5.75 Å². The third-order valence-corrected chi connectivity index (χ3v) is 6.80. The fourth-order valence-corrected chi connectivity index (χ4v) is 5.04. The Labute approximate surface area is 204 Å². The van der Waals surface area contributed by atoms with Crippen LogP contribution in [0.15, 0.2) is 54.6 Å². The fourth-order valence-electron chi connectivity index (χ4n) is 5.04. The summed E-state index contributed by atoms with van der Waals surface area (Å²) in [6, 6.07) is 18.1. The van der Waals surface area contributed by atoms with E-state index >= 15 is 0 Å². The highest BCUT2D eigenvalue weighted by Crippen LogP contribution is 2.39. The van der Waals surface area contributed by atoms with E-state index in [9.17, 15) is 14.3 Å². The second-order valence-electron chi connectivity index (χ2n) is 9.28. The molecule has 0 atom stereocenters. The first-order valence-electron chi connectivity index (χ1n) is 12.2. The van der Waals surface area contributed by atoms with Crippen LogP contribution >= 0.6 is 0 Å². The van der Waals surface area contributed by atoms with E-state index in [1.54, 1.807) is 6.07 Å². The number of aromatic nitrogens is 2. The van der Waals surface area contributed by atoms with Crippen LogP contribution in [-0.4, -0.2) is 58.2 Å². The number of nitrogens with zero attached hydrogens (tertiary/aromatic N) is 3. The Morgan fingerprint density at radius 1 is 1.17 bits per heavy atom. The molecule has 5 rings (SSSR count). The molecule has 0 bridgehead atoms. The summed E-state index contributed by atoms with van der Waals surface area (Å²) in [6.45, 7) is 4.91. The fraction of sp³-hybridized carbons (Fsp3) is 0.357. The molecular weight excluding hydrogens is 445 g/mol. The zero-order valence-corrected chi connectivity index (χ0v) is 19.9. The van der Waals surface area contributed by atoms with Crippen LogP contribution < -0.4 is 4.74 Å². The van der Waals surface area contributed by atoms with Gasteiger partial charge in [-0.2, -0.15) is 5.10 Å². The molecule has 3 heterocycles. The smallest absolute Gasteiger partial charge is 0.356 e. The second kappa shape index (κ2) is 10.0. The second-order valence-corrected chi connectivity index (χ2v) is 9.28. The molecule has 0 amide bonds. The highest BCUT2D eigenvalue weighted by molar-refractivity contribution is 5.99. The number of carboxylic acid groups (broad SMARTS) is 1. The Bertz CT molecular complexity index is 1240. The molecule has 7 heteroatoms. The van der Waals surface area contributed by atoms with Gasteiger partial charge in [0.2, 0.25) is 0 Å². The predicted octanol–water partition coefficient (Wildman–Crippen LogP) is 5.07. The molecule has 3 aromatic rings. The molecule has 0 spiro atoms. The number of rotatable bonds is 8. The first kappa shape index (κ1) is 23.3. The van der Waals surface area contributed by atoms with Gasteiger partial charge in [-0.1, -0.05) is 36.4 Å². The van der Waals surface area contributed by atoms with Crippen LogP contribution in [0.1, 0.15) is 52.1 Å². The van der Waals surface area contributed by atoms with Crippen molar-refractivity contribution < 1.29 is 19.0 Å². The van der Waals surface area contributed by atoms with Crippen molar-refractivity contribution in [2.45, 2.75) is 38.8 Å². The third-order valence-electron chi connectivity index (χ3n) is 6.80. The number of fused-ring (bicyclic) bond motifs is 1. The summed E-state index contributed by atoms with van der Waals surface area (Å²) in [6.07, 6.45) is 2.45. The zero-order chi connectivity index (χ0) is 24.4. The van der Waals surface area contributed by atoms with Gasteiger partial charge in [-0.3, -0.25) is 14.0 Å². The first-order valence-corrected chi connectivity index (χ1v) is 12.2. The van der Waals surface area contributed by atoms with Crippen molar-refractivity contribution in [3.05, 3.63) is 82.7 Å². The van der Waals surface area contributed by atoms with Gasteiger partial charge in [0.05, 0.1) is 12.4 Å². The first-order chi connectivity index (χ1) is 17.0. The van der Waals surface area contributed by atoms with Gasteiger partial charge in [0.25, 0.3) is 0 Å². The maximum Gasteiger partial charge on any atom is 0.356 e. The Morgan fingerprint density at radius 2 is 1.94 bits per heavy atom. The van der Waals surface area contributed by atoms with Crippen molar-refractivity contribution >= 4 is 17.1 Å². The summed E-state index contributed by atoms with van der Waals surface area (Å²) < 4.78 is 20.3. The van der Waals surface area contributed by atoms with E-state index in [1.165, 1.54) is 16.7 Å². The van der Waals surface area contributed by atoms with E-state index < -0.39 is 5.97 Å². The monoisotopic (exact) mass is 475 g/mol. The third kappa shape index (κ3) is 4.86. The van der Waals surface area contributed by atoms with Gasteiger partial charge in [-0.15, -0.1) is 0 Å². The SMILES string of the molecule is Cc1ccccc1C1=C(c2ccc(OC3CN(CCCF)C3)cc2)c2cc(C(=O)O)nn2CCC1. The molecule has 0 saturated carbocycles. The number of halogens is 1. The molecular formula is C28H30FN3O3. The minimum absolute atomic E-state index is 0.0609. The number of likely N-dealkylation sites (tertiary alicyclic amines) is 1. The van der Waals surface area contributed by atoms with Crippen molar-refractivity contribution in [2.75, 3.05) is 26.3 Å². The normalized spacial score (nSPS) is 16.5. The average molecular weight is 476 g/mol. The van der Waals surface area contributed by atoms with Crippen LogP contribution in [0.2, 0.25) is 0 Å². The number of carbonyl (C=O) groups is 1. The largest absolute Gasteiger partial charge is 0.488 e. The van der Waals surface area contributed by atoms with E-state index in [2.05, 4.69) is 29.1 Å². The maximum atomic E-state index is 12.4. The number of alkyl halides is 1. The Morgan fingerprint density at radius 3 is 2.66 bits per heavy atom. The van der Waals surface area contributed by atoms with Crippen molar-refractivity contribution in [3.63, 3.8) is 0 Å². The lowest BCUT2D eigenvalue weighted by Gasteiger charge is -2.38. The topological polar surface area (TPSA) is 67.6 Å². The number of aromatic carboxylic acids is 1. The molecule has 0 radical (unpaired) electrons. The Balaban J connectivity index is 1.48. The van der Waals surface area contributed by atoms with Gasteiger partial charge in [-0.25, -0.2) is 4.79 Å². The van der Waals surface area contributed by atoms with E-state index in [0.29, 0.717) is 13.0 Å². The zero-order valence-electron chi connectivity index (χ0n) is 19.9. The van der Waals surface area contributed by atoms with Gasteiger partial charge in [0, 0.05) is 31.8 Å². The van der Waals surface area contributed by atoms with E-state index in [1.807, 2.05) is 41.1 Å². The molecule has 2 aliphatic rings. The molecule has 1 fully saturated rings. The minimum Gasteiger partial charge on any atom is -0.488 e. The number of benzene rings is 2. The van der Waals surface area contributed by atoms with Crippen LogP contribution in [0, 0.1) is 6.92 Å². The van der Waals surface area contributed by atoms with Crippen LogP contribution in [-0.2, 0) is 6.54 Å². The van der Waals surface area contributed by atoms with Gasteiger partial charge in [0.1, 0.15) is 11.9 Å². The molecule has 2 aromatic carbocycles. The Kier molecular flexibility index (Phi) is 6.68. The van der Waals surface area contributed by atoms with Crippen LogP contribution in [0.25, 0.3) is 11.1 Å². The highest BCUT2D eigenvalue weighted by atomic mass is 19.1. The average Bonchev–Trinajstić information content (AvgIpc) is 3.17. The summed E-state index contributed by atoms with van der Waals surface area (Å²) in [5.41, 5.74) is 6.49. The molecule has 1 aromatic heterocycles. The lowest BCUT2D eigenvalue weighted by molar-refractivity contribution is 0.0184. The molecule has 6 nitrogen and oxygen atoms in total. The summed E-state index contributed by atoms with van der Waals surface area (Å²) in [7, 11) is 0. The van der Waals surface area contributed by atoms with E-state index in [4.69, 9.17) is 4.74 Å². The maximum absolute atomic E-state index is 12.4. The predicted molar refractivity (Wildman–Crippen MR) is 133 cm³/mol. The van der Waals surface area contributed by atoms with E-state index in [-0.39, 0.29) is 18.5 Å². The molecule has 1 saturated heterocycles. The molecule has 182 valence electrons. The summed E-state index contributed by atoms with van der Waals surface area (Å²) in [4.78, 5) is 13.9. The molecule has 1 N–H and O–H groups in total. The van der Waals surface area contributed by atoms with Crippen molar-refractivity contribution in [2.24, 2.45) is 0 Å². The standard InChI is InChI=1S/C28H30FN3O3/c1-19-6-2-3-7-23(19)24-8-4-15-32-26(16-25(30-32)28(33)34)27(24)20-9-11-21(12-10-20)35-22-17-31(18-22)14-5-13-29/h2-3,6-7,9-12,16,22H,4-5,8,13-15,17-18H2,1H3,(H,33,34). The number of ether oxygens (including phenoxy) is 1. The van der Waals surface area contributed by atoms with Crippen molar-refractivity contribution in [1.82, 2.24) is 14.7 Å². The molecule has 0 aliphatic carbocycles. The van der Waals surface area contributed by atoms with Gasteiger partial charge in [0.15, 0.2) is 5.69 Å². The van der Waals surface area contributed by atoms with Gasteiger partial charge >= 0.3 is 5.97 Å². The number of aryl methyl sites for hydroxylation is 2. The number of carboxylic acids is 1. The lowest BCUT2D eigenvalue weighted by atomic mass is 9.88. The molecule has 0 unspecified atom stereocenters. The van der Waals surface area contributed by atoms with Gasteiger partial charge < -0.3 is 9.84 Å². The van der Waals surface area contributed by atoms with Crippen LogP contribution in [0.3, 0.4) is 0 Å². The lowest BCUT2D eigenvalue weighted by Crippen LogP contribution is -2.53. The summed E-state index contributed by atoms with van der Waals surface area (Å²) in [5.74, 6) is -0.220. The number of allylic oxidation sites excluding steroid dienone is 1. The molecule has 2 aliphatic heterocycles. The van der Waals surface area contributed by atoms with Crippen LogP contribution in [0.5, 0.6) is 5.75 Å². The number of hydrogen-bond donors (Lipinski definition) is 1. The molecule has 35 heavy (non-hydrogen) atoms. The number of hydrogen-bond acceptors (Lipinski definition) is 4. The summed E-state index contributed by atoms with van der Waals surface area (Å²) in [5, 5.41) is 13.9. The van der Waals surface area contributed by atoms with Crippen molar-refractivity contribution in [1.29, 1.82) is 0 Å². The minimum atomic E-state index is -1.02.